The van der Waals surface area contributed by atoms with E-state index in [4.69, 9.17) is 9.47 Å². The fraction of sp³-hybridized carbons (Fsp3) is 0.417. The van der Waals surface area contributed by atoms with Crippen molar-refractivity contribution in [2.24, 2.45) is 0 Å². The van der Waals surface area contributed by atoms with Crippen molar-refractivity contribution in [1.29, 1.82) is 0 Å². The maximum Gasteiger partial charge on any atom is 0.126 e. The molecule has 6 nitrogen and oxygen atoms in total. The molecule has 0 amide bonds. The van der Waals surface area contributed by atoms with Gasteiger partial charge in [-0.2, -0.15) is 0 Å². The molecular weight excluding hydrogens is 384 g/mol. The summed E-state index contributed by atoms with van der Waals surface area (Å²) in [5.74, 6) is 0.794. The van der Waals surface area contributed by atoms with Crippen LogP contribution in [0.25, 0.3) is 6.08 Å². The summed E-state index contributed by atoms with van der Waals surface area (Å²) in [5, 5.41) is 40.5. The van der Waals surface area contributed by atoms with Gasteiger partial charge in [-0.25, -0.2) is 0 Å². The highest BCUT2D eigenvalue weighted by Crippen LogP contribution is 2.42. The summed E-state index contributed by atoms with van der Waals surface area (Å²) in [4.78, 5) is 0. The Bertz CT molecular complexity index is 920. The Hall–Kier alpha value is -2.22. The third-order valence-corrected chi connectivity index (χ3v) is 6.17. The number of hydrogen-bond acceptors (Lipinski definition) is 6. The average molecular weight is 412 g/mol. The number of rotatable bonds is 5. The second-order valence-electron chi connectivity index (χ2n) is 8.03. The monoisotopic (exact) mass is 412 g/mol. The van der Waals surface area contributed by atoms with Crippen LogP contribution < -0.4 is 4.74 Å². The molecule has 160 valence electrons. The van der Waals surface area contributed by atoms with Crippen LogP contribution in [0.5, 0.6) is 5.75 Å². The minimum Gasteiger partial charge on any atom is -0.493 e. The summed E-state index contributed by atoms with van der Waals surface area (Å²) in [7, 11) is 0. The van der Waals surface area contributed by atoms with E-state index in [-0.39, 0.29) is 0 Å². The van der Waals surface area contributed by atoms with Gasteiger partial charge in [-0.05, 0) is 41.2 Å². The normalized spacial score (nSPS) is 28.1. The highest BCUT2D eigenvalue weighted by atomic mass is 16.5. The van der Waals surface area contributed by atoms with Gasteiger partial charge in [0.05, 0.1) is 13.2 Å². The van der Waals surface area contributed by atoms with Crippen LogP contribution in [-0.2, 0) is 17.6 Å². The first kappa shape index (κ1) is 21.0. The van der Waals surface area contributed by atoms with Crippen molar-refractivity contribution >= 4 is 6.08 Å². The van der Waals surface area contributed by atoms with Crippen molar-refractivity contribution < 1.29 is 29.9 Å². The molecule has 0 aliphatic carbocycles. The summed E-state index contributed by atoms with van der Waals surface area (Å²) in [6.07, 6.45) is -2.63. The van der Waals surface area contributed by atoms with Gasteiger partial charge >= 0.3 is 0 Å². The predicted molar refractivity (Wildman–Crippen MR) is 112 cm³/mol. The highest BCUT2D eigenvalue weighted by molar-refractivity contribution is 5.55. The number of aliphatic hydroxyl groups is 4. The van der Waals surface area contributed by atoms with Gasteiger partial charge in [-0.1, -0.05) is 43.0 Å². The zero-order valence-corrected chi connectivity index (χ0v) is 17.0. The summed E-state index contributed by atoms with van der Waals surface area (Å²) in [5.41, 5.74) is 5.96. The fourth-order valence-corrected chi connectivity index (χ4v) is 4.41. The van der Waals surface area contributed by atoms with Crippen LogP contribution in [0.3, 0.4) is 0 Å². The molecule has 1 unspecified atom stereocenters. The number of ether oxygens (including phenoxy) is 2. The molecule has 0 spiro atoms. The molecule has 1 fully saturated rings. The van der Waals surface area contributed by atoms with Gasteiger partial charge < -0.3 is 29.9 Å². The summed E-state index contributed by atoms with van der Waals surface area (Å²) in [6.45, 7) is 5.83. The van der Waals surface area contributed by atoms with Crippen molar-refractivity contribution in [3.63, 3.8) is 0 Å². The SMILES string of the molecule is C=Cc1ccc(Cc2cc([C@@H]3O[C@H](CO)C(O)[C@H](O)[C@@H]3O)c(C)c3c2CCO3)cc1. The van der Waals surface area contributed by atoms with Gasteiger partial charge in [0, 0.05) is 12.0 Å². The molecule has 2 aromatic rings. The largest absolute Gasteiger partial charge is 0.493 e. The summed E-state index contributed by atoms with van der Waals surface area (Å²) >= 11 is 0. The van der Waals surface area contributed by atoms with Gasteiger partial charge in [-0.3, -0.25) is 0 Å². The molecule has 2 aliphatic rings. The van der Waals surface area contributed by atoms with Crippen molar-refractivity contribution in [3.8, 4) is 5.75 Å². The van der Waals surface area contributed by atoms with E-state index in [2.05, 4.69) is 18.7 Å². The van der Waals surface area contributed by atoms with Crippen molar-refractivity contribution in [1.82, 2.24) is 0 Å². The second-order valence-corrected chi connectivity index (χ2v) is 8.03. The quantitative estimate of drug-likeness (QED) is 0.596. The maximum absolute atomic E-state index is 10.6. The molecule has 2 aliphatic heterocycles. The molecule has 0 aromatic heterocycles. The highest BCUT2D eigenvalue weighted by Gasteiger charge is 2.45. The van der Waals surface area contributed by atoms with Crippen LogP contribution in [-0.4, -0.2) is 58.1 Å². The van der Waals surface area contributed by atoms with Crippen molar-refractivity contribution in [3.05, 3.63) is 70.3 Å². The van der Waals surface area contributed by atoms with Crippen LogP contribution in [0.2, 0.25) is 0 Å². The number of aliphatic hydroxyl groups excluding tert-OH is 4. The van der Waals surface area contributed by atoms with E-state index in [0.717, 1.165) is 40.0 Å². The summed E-state index contributed by atoms with van der Waals surface area (Å²) < 4.78 is 11.7. The van der Waals surface area contributed by atoms with Crippen molar-refractivity contribution in [2.45, 2.75) is 50.3 Å². The lowest BCUT2D eigenvalue weighted by Crippen LogP contribution is -2.55. The van der Waals surface area contributed by atoms with E-state index in [9.17, 15) is 20.4 Å². The Balaban J connectivity index is 1.73. The van der Waals surface area contributed by atoms with Crippen LogP contribution in [0.4, 0.5) is 0 Å². The van der Waals surface area contributed by atoms with Gasteiger partial charge in [-0.15, -0.1) is 0 Å². The Morgan fingerprint density at radius 2 is 1.83 bits per heavy atom. The topological polar surface area (TPSA) is 99.4 Å². The first-order chi connectivity index (χ1) is 14.4. The molecule has 0 radical (unpaired) electrons. The molecule has 2 aromatic carbocycles. The van der Waals surface area contributed by atoms with Crippen LogP contribution in [0.15, 0.2) is 36.9 Å². The Morgan fingerprint density at radius 3 is 2.50 bits per heavy atom. The van der Waals surface area contributed by atoms with Crippen LogP contribution >= 0.6 is 0 Å². The molecule has 0 saturated carbocycles. The third kappa shape index (κ3) is 3.66. The van der Waals surface area contributed by atoms with Crippen LogP contribution in [0, 0.1) is 6.92 Å². The lowest BCUT2D eigenvalue weighted by molar-refractivity contribution is -0.231. The van der Waals surface area contributed by atoms with Crippen LogP contribution in [0.1, 0.15) is 39.5 Å². The molecule has 30 heavy (non-hydrogen) atoms. The zero-order valence-electron chi connectivity index (χ0n) is 17.0. The molecule has 5 atom stereocenters. The lowest BCUT2D eigenvalue weighted by atomic mass is 9.85. The maximum atomic E-state index is 10.6. The molecule has 0 bridgehead atoms. The first-order valence-corrected chi connectivity index (χ1v) is 10.2. The zero-order chi connectivity index (χ0) is 21.4. The summed E-state index contributed by atoms with van der Waals surface area (Å²) in [6, 6.07) is 10.2. The Morgan fingerprint density at radius 1 is 1.10 bits per heavy atom. The van der Waals surface area contributed by atoms with Crippen molar-refractivity contribution in [2.75, 3.05) is 13.2 Å². The molecular formula is C24H28O6. The van der Waals surface area contributed by atoms with Gasteiger partial charge in [0.1, 0.15) is 36.3 Å². The number of benzene rings is 2. The molecule has 4 N–H and O–H groups in total. The molecule has 1 saturated heterocycles. The fourth-order valence-electron chi connectivity index (χ4n) is 4.41. The molecule has 2 heterocycles. The third-order valence-electron chi connectivity index (χ3n) is 6.17. The first-order valence-electron chi connectivity index (χ1n) is 10.2. The van der Waals surface area contributed by atoms with E-state index in [1.54, 1.807) is 6.08 Å². The van der Waals surface area contributed by atoms with E-state index in [0.29, 0.717) is 18.6 Å². The van der Waals surface area contributed by atoms with Gasteiger partial charge in [0.15, 0.2) is 0 Å². The van der Waals surface area contributed by atoms with Gasteiger partial charge in [0.25, 0.3) is 0 Å². The van der Waals surface area contributed by atoms with E-state index in [1.165, 1.54) is 0 Å². The average Bonchev–Trinajstić information content (AvgIpc) is 3.26. The number of hydrogen-bond donors (Lipinski definition) is 4. The minimum absolute atomic E-state index is 0.454. The smallest absolute Gasteiger partial charge is 0.126 e. The standard InChI is InChI=1S/C24H28O6/c1-3-14-4-6-15(7-5-14)10-16-11-18(13(2)23-17(16)8-9-29-23)24-22(28)21(27)20(26)19(12-25)30-24/h3-7,11,19-22,24-28H,1,8-10,12H2,2H3/t19-,20?,21+,22+,24+/m1/s1. The lowest BCUT2D eigenvalue weighted by Gasteiger charge is -2.41. The minimum atomic E-state index is -1.41. The Kier molecular flexibility index (Phi) is 5.95. The van der Waals surface area contributed by atoms with E-state index in [1.807, 2.05) is 25.1 Å². The number of fused-ring (bicyclic) bond motifs is 1. The second kappa shape index (κ2) is 8.49. The van der Waals surface area contributed by atoms with Gasteiger partial charge in [0.2, 0.25) is 0 Å². The molecule has 4 rings (SSSR count). The van der Waals surface area contributed by atoms with E-state index < -0.39 is 37.1 Å². The molecule has 6 heteroatoms. The predicted octanol–water partition coefficient (Wildman–Crippen LogP) is 1.68. The van der Waals surface area contributed by atoms with E-state index >= 15 is 0 Å². The Labute approximate surface area is 176 Å².